The maximum atomic E-state index is 11.9. The van der Waals surface area contributed by atoms with Gasteiger partial charge < -0.3 is 15.3 Å². The normalized spacial score (nSPS) is 17.6. The summed E-state index contributed by atoms with van der Waals surface area (Å²) in [4.78, 5) is 23.5. The predicted molar refractivity (Wildman–Crippen MR) is 56.0 cm³/mol. The molecule has 0 spiro atoms. The first-order chi connectivity index (χ1) is 8.29. The largest absolute Gasteiger partial charge is 0.481 e. The molecule has 0 aliphatic carbocycles. The van der Waals surface area contributed by atoms with Crippen LogP contribution in [0.3, 0.4) is 0 Å². The Hall–Kier alpha value is -1.47. The fourth-order valence-electron chi connectivity index (χ4n) is 1.75. The average molecular weight is 268 g/mol. The summed E-state index contributed by atoms with van der Waals surface area (Å²) in [6, 6.07) is -0.567. The van der Waals surface area contributed by atoms with E-state index in [2.05, 4.69) is 5.32 Å². The van der Waals surface area contributed by atoms with Gasteiger partial charge in [0.1, 0.15) is 0 Å². The van der Waals surface area contributed by atoms with Crippen LogP contribution in [0.2, 0.25) is 0 Å². The average Bonchev–Trinajstić information content (AvgIpc) is 2.27. The minimum absolute atomic E-state index is 0.259. The summed E-state index contributed by atoms with van der Waals surface area (Å²) >= 11 is 0. The predicted octanol–water partition coefficient (Wildman–Crippen LogP) is 1.44. The highest BCUT2D eigenvalue weighted by molar-refractivity contribution is 5.75. The molecule has 1 saturated heterocycles. The standard InChI is InChI=1S/C10H15F3N2O3/c11-10(12,13)3-4-14-9(18)15-5-1-7(2-6-15)8(16)17/h7H,1-6H2,(H,14,18)(H,16,17). The Kier molecular flexibility index (Phi) is 4.80. The highest BCUT2D eigenvalue weighted by Gasteiger charge is 2.29. The Bertz CT molecular complexity index is 312. The number of nitrogens with one attached hydrogen (secondary N) is 1. The van der Waals surface area contributed by atoms with Gasteiger partial charge in [0.15, 0.2) is 0 Å². The number of piperidine rings is 1. The number of rotatable bonds is 3. The third-order valence-corrected chi connectivity index (χ3v) is 2.82. The van der Waals surface area contributed by atoms with E-state index in [-0.39, 0.29) is 13.1 Å². The smallest absolute Gasteiger partial charge is 0.390 e. The Morgan fingerprint density at radius 1 is 1.28 bits per heavy atom. The van der Waals surface area contributed by atoms with Crippen LogP contribution in [0, 0.1) is 5.92 Å². The lowest BCUT2D eigenvalue weighted by Crippen LogP contribution is -2.46. The van der Waals surface area contributed by atoms with Crippen LogP contribution in [0.1, 0.15) is 19.3 Å². The first-order valence-electron chi connectivity index (χ1n) is 5.62. The molecule has 1 fully saturated rings. The summed E-state index contributed by atoms with van der Waals surface area (Å²) in [5.41, 5.74) is 0. The molecule has 18 heavy (non-hydrogen) atoms. The zero-order chi connectivity index (χ0) is 13.8. The number of hydrogen-bond donors (Lipinski definition) is 2. The molecule has 0 saturated carbocycles. The number of carbonyl (C=O) groups excluding carboxylic acids is 1. The van der Waals surface area contributed by atoms with Crippen molar-refractivity contribution in [2.45, 2.75) is 25.4 Å². The number of carbonyl (C=O) groups is 2. The Morgan fingerprint density at radius 3 is 2.28 bits per heavy atom. The van der Waals surface area contributed by atoms with Crippen molar-refractivity contribution in [1.82, 2.24) is 10.2 Å². The van der Waals surface area contributed by atoms with E-state index in [4.69, 9.17) is 5.11 Å². The van der Waals surface area contributed by atoms with Crippen molar-refractivity contribution in [3.8, 4) is 0 Å². The van der Waals surface area contributed by atoms with Crippen LogP contribution in [0.25, 0.3) is 0 Å². The minimum Gasteiger partial charge on any atom is -0.481 e. The molecule has 1 rings (SSSR count). The molecule has 104 valence electrons. The van der Waals surface area contributed by atoms with E-state index in [0.29, 0.717) is 12.8 Å². The highest BCUT2D eigenvalue weighted by Crippen LogP contribution is 2.19. The van der Waals surface area contributed by atoms with Gasteiger partial charge in [-0.15, -0.1) is 0 Å². The monoisotopic (exact) mass is 268 g/mol. The van der Waals surface area contributed by atoms with Gasteiger partial charge in [0.05, 0.1) is 12.3 Å². The van der Waals surface area contributed by atoms with E-state index >= 15 is 0 Å². The molecule has 0 radical (unpaired) electrons. The van der Waals surface area contributed by atoms with E-state index in [1.165, 1.54) is 4.90 Å². The van der Waals surface area contributed by atoms with Crippen molar-refractivity contribution in [3.63, 3.8) is 0 Å². The Morgan fingerprint density at radius 2 is 1.83 bits per heavy atom. The number of urea groups is 1. The zero-order valence-corrected chi connectivity index (χ0v) is 9.66. The fourth-order valence-corrected chi connectivity index (χ4v) is 1.75. The second-order valence-electron chi connectivity index (χ2n) is 4.20. The number of carboxylic acid groups (broad SMARTS) is 1. The van der Waals surface area contributed by atoms with E-state index in [9.17, 15) is 22.8 Å². The molecule has 5 nitrogen and oxygen atoms in total. The molecular weight excluding hydrogens is 253 g/mol. The lowest BCUT2D eigenvalue weighted by Gasteiger charge is -2.30. The Labute approximate surface area is 102 Å². The molecule has 0 aromatic heterocycles. The highest BCUT2D eigenvalue weighted by atomic mass is 19.4. The summed E-state index contributed by atoms with van der Waals surface area (Å²) in [7, 11) is 0. The van der Waals surface area contributed by atoms with Crippen LogP contribution >= 0.6 is 0 Å². The van der Waals surface area contributed by atoms with Crippen molar-refractivity contribution in [3.05, 3.63) is 0 Å². The van der Waals surface area contributed by atoms with Crippen LogP contribution in [0.5, 0.6) is 0 Å². The maximum absolute atomic E-state index is 11.9. The SMILES string of the molecule is O=C(O)C1CCN(C(=O)NCCC(F)(F)F)CC1. The molecule has 0 unspecified atom stereocenters. The van der Waals surface area contributed by atoms with Crippen LogP contribution < -0.4 is 5.32 Å². The van der Waals surface area contributed by atoms with Crippen molar-refractivity contribution in [1.29, 1.82) is 0 Å². The number of halogens is 3. The zero-order valence-electron chi connectivity index (χ0n) is 9.66. The lowest BCUT2D eigenvalue weighted by atomic mass is 9.97. The topological polar surface area (TPSA) is 69.6 Å². The summed E-state index contributed by atoms with van der Waals surface area (Å²) in [6.45, 7) is 0.0603. The molecule has 2 amide bonds. The van der Waals surface area contributed by atoms with Gasteiger partial charge in [-0.1, -0.05) is 0 Å². The third-order valence-electron chi connectivity index (χ3n) is 2.82. The van der Waals surface area contributed by atoms with Gasteiger partial charge in [-0.25, -0.2) is 4.79 Å². The van der Waals surface area contributed by atoms with E-state index in [1.54, 1.807) is 0 Å². The van der Waals surface area contributed by atoms with E-state index in [0.717, 1.165) is 0 Å². The molecule has 0 bridgehead atoms. The van der Waals surface area contributed by atoms with Crippen LogP contribution in [0.15, 0.2) is 0 Å². The number of carboxylic acids is 1. The third kappa shape index (κ3) is 4.80. The summed E-state index contributed by atoms with van der Waals surface area (Å²) in [5, 5.41) is 10.9. The number of hydrogen-bond acceptors (Lipinski definition) is 2. The fraction of sp³-hybridized carbons (Fsp3) is 0.800. The first kappa shape index (κ1) is 14.6. The summed E-state index contributed by atoms with van der Waals surface area (Å²) in [6.07, 6.45) is -4.68. The summed E-state index contributed by atoms with van der Waals surface area (Å²) < 4.78 is 35.6. The van der Waals surface area contributed by atoms with Crippen LogP contribution in [0.4, 0.5) is 18.0 Å². The number of alkyl halides is 3. The van der Waals surface area contributed by atoms with E-state index in [1.807, 2.05) is 0 Å². The molecule has 1 aliphatic rings. The first-order valence-corrected chi connectivity index (χ1v) is 5.62. The molecule has 0 aromatic rings. The molecular formula is C10H15F3N2O3. The molecule has 1 aliphatic heterocycles. The quantitative estimate of drug-likeness (QED) is 0.813. The lowest BCUT2D eigenvalue weighted by molar-refractivity contribution is -0.143. The van der Waals surface area contributed by atoms with Gasteiger partial charge in [-0.2, -0.15) is 13.2 Å². The molecule has 8 heteroatoms. The van der Waals surface area contributed by atoms with Crippen molar-refractivity contribution < 1.29 is 27.9 Å². The van der Waals surface area contributed by atoms with Gasteiger partial charge in [0.2, 0.25) is 0 Å². The summed E-state index contributed by atoms with van der Waals surface area (Å²) in [5.74, 6) is -1.36. The van der Waals surface area contributed by atoms with Gasteiger partial charge in [0, 0.05) is 19.6 Å². The van der Waals surface area contributed by atoms with Crippen LogP contribution in [-0.4, -0.2) is 47.8 Å². The minimum atomic E-state index is -4.29. The number of nitrogens with zero attached hydrogens (tertiary/aromatic N) is 1. The Balaban J connectivity index is 2.26. The number of likely N-dealkylation sites (tertiary alicyclic amines) is 1. The van der Waals surface area contributed by atoms with Crippen molar-refractivity contribution in [2.75, 3.05) is 19.6 Å². The second-order valence-corrected chi connectivity index (χ2v) is 4.20. The van der Waals surface area contributed by atoms with Gasteiger partial charge in [0.25, 0.3) is 0 Å². The second kappa shape index (κ2) is 5.92. The molecule has 1 heterocycles. The van der Waals surface area contributed by atoms with Gasteiger partial charge >= 0.3 is 18.2 Å². The molecule has 2 N–H and O–H groups in total. The molecule has 0 atom stereocenters. The van der Waals surface area contributed by atoms with Gasteiger partial charge in [-0.3, -0.25) is 4.79 Å². The van der Waals surface area contributed by atoms with Crippen molar-refractivity contribution in [2.24, 2.45) is 5.92 Å². The number of amides is 2. The molecule has 0 aromatic carbocycles. The van der Waals surface area contributed by atoms with Crippen molar-refractivity contribution >= 4 is 12.0 Å². The van der Waals surface area contributed by atoms with Gasteiger partial charge in [-0.05, 0) is 12.8 Å². The maximum Gasteiger partial charge on any atom is 0.390 e. The van der Waals surface area contributed by atoms with Crippen LogP contribution in [-0.2, 0) is 4.79 Å². The number of aliphatic carboxylic acids is 1. The van der Waals surface area contributed by atoms with E-state index < -0.39 is 37.1 Å².